The van der Waals surface area contributed by atoms with Crippen LogP contribution in [0.5, 0.6) is 11.5 Å². The van der Waals surface area contributed by atoms with Crippen LogP contribution in [0.25, 0.3) is 17.3 Å². The van der Waals surface area contributed by atoms with Gasteiger partial charge in [-0.3, -0.25) is 10.1 Å². The fourth-order valence-corrected chi connectivity index (χ4v) is 3.27. The molecule has 1 N–H and O–H groups in total. The number of thiazole rings is 1. The van der Waals surface area contributed by atoms with Crippen LogP contribution in [-0.4, -0.2) is 25.1 Å². The summed E-state index contributed by atoms with van der Waals surface area (Å²) < 4.78 is 10.6. The summed E-state index contributed by atoms with van der Waals surface area (Å²) >= 11 is 1.39. The first-order valence-corrected chi connectivity index (χ1v) is 9.21. The van der Waals surface area contributed by atoms with E-state index in [0.29, 0.717) is 16.6 Å². The van der Waals surface area contributed by atoms with Crippen LogP contribution in [0.4, 0.5) is 5.13 Å². The number of nitrogens with one attached hydrogen (secondary N) is 1. The summed E-state index contributed by atoms with van der Waals surface area (Å²) in [4.78, 5) is 16.7. The van der Waals surface area contributed by atoms with E-state index in [0.717, 1.165) is 16.8 Å². The number of rotatable bonds is 6. The molecule has 6 heteroatoms. The molecule has 3 aromatic rings. The molecule has 0 saturated carbocycles. The minimum atomic E-state index is -0.260. The second-order valence-electron chi connectivity index (χ2n) is 5.81. The molecule has 1 amide bonds. The topological polar surface area (TPSA) is 60.5 Å². The van der Waals surface area contributed by atoms with Crippen molar-refractivity contribution in [2.75, 3.05) is 19.5 Å². The average molecular weight is 380 g/mol. The molecule has 2 aromatic carbocycles. The highest BCUT2D eigenvalue weighted by Gasteiger charge is 2.09. The van der Waals surface area contributed by atoms with Gasteiger partial charge in [-0.2, -0.15) is 0 Å². The van der Waals surface area contributed by atoms with Gasteiger partial charge in [-0.25, -0.2) is 4.98 Å². The van der Waals surface area contributed by atoms with Crippen LogP contribution in [0.1, 0.15) is 11.1 Å². The van der Waals surface area contributed by atoms with Crippen molar-refractivity contribution in [2.24, 2.45) is 0 Å². The van der Waals surface area contributed by atoms with Crippen molar-refractivity contribution in [3.05, 3.63) is 65.0 Å². The summed E-state index contributed by atoms with van der Waals surface area (Å²) in [6.07, 6.45) is 3.13. The second-order valence-corrected chi connectivity index (χ2v) is 6.67. The number of aryl methyl sites for hydroxylation is 1. The average Bonchev–Trinajstić information content (AvgIpc) is 3.14. The lowest BCUT2D eigenvalue weighted by Crippen LogP contribution is -2.07. The van der Waals surface area contributed by atoms with Gasteiger partial charge in [-0.15, -0.1) is 11.3 Å². The summed E-state index contributed by atoms with van der Waals surface area (Å²) in [6, 6.07) is 13.6. The number of methoxy groups -OCH3 is 2. The molecule has 0 radical (unpaired) electrons. The molecular formula is C21H20N2O3S. The third-order valence-electron chi connectivity index (χ3n) is 3.93. The van der Waals surface area contributed by atoms with Crippen molar-refractivity contribution in [3.8, 4) is 22.8 Å². The lowest BCUT2D eigenvalue weighted by Gasteiger charge is -2.09. The zero-order valence-electron chi connectivity index (χ0n) is 15.4. The van der Waals surface area contributed by atoms with E-state index in [9.17, 15) is 4.79 Å². The van der Waals surface area contributed by atoms with Crippen molar-refractivity contribution >= 4 is 28.5 Å². The number of anilines is 1. The predicted molar refractivity (Wildman–Crippen MR) is 109 cm³/mol. The quantitative estimate of drug-likeness (QED) is 0.625. The van der Waals surface area contributed by atoms with E-state index in [4.69, 9.17) is 9.47 Å². The molecule has 27 heavy (non-hydrogen) atoms. The lowest BCUT2D eigenvalue weighted by molar-refractivity contribution is -0.111. The molecule has 0 bridgehead atoms. The normalized spacial score (nSPS) is 10.8. The maximum Gasteiger partial charge on any atom is 0.250 e. The third kappa shape index (κ3) is 4.54. The Morgan fingerprint density at radius 2 is 1.89 bits per heavy atom. The number of carbonyl (C=O) groups excluding carboxylic acids is 1. The Morgan fingerprint density at radius 1 is 1.11 bits per heavy atom. The van der Waals surface area contributed by atoms with Crippen LogP contribution in [0.15, 0.2) is 53.9 Å². The van der Waals surface area contributed by atoms with Gasteiger partial charge in [-0.05, 0) is 19.1 Å². The monoisotopic (exact) mass is 380 g/mol. The molecule has 1 aromatic heterocycles. The molecule has 0 aliphatic rings. The number of para-hydroxylation sites is 1. The first-order valence-electron chi connectivity index (χ1n) is 8.33. The van der Waals surface area contributed by atoms with Gasteiger partial charge in [-0.1, -0.05) is 42.0 Å². The zero-order chi connectivity index (χ0) is 19.2. The molecular weight excluding hydrogens is 360 g/mol. The smallest absolute Gasteiger partial charge is 0.250 e. The van der Waals surface area contributed by atoms with Crippen molar-refractivity contribution in [3.63, 3.8) is 0 Å². The Bertz CT molecular complexity index is 962. The minimum absolute atomic E-state index is 0.260. The molecule has 0 unspecified atom stereocenters. The highest BCUT2D eigenvalue weighted by atomic mass is 32.1. The molecule has 138 valence electrons. The number of ether oxygens (including phenoxy) is 2. The fraction of sp³-hybridized carbons (Fsp3) is 0.143. The Morgan fingerprint density at radius 3 is 2.59 bits per heavy atom. The number of benzene rings is 2. The van der Waals surface area contributed by atoms with Gasteiger partial charge in [0.05, 0.1) is 19.9 Å². The van der Waals surface area contributed by atoms with E-state index in [2.05, 4.69) is 10.3 Å². The molecule has 0 aliphatic heterocycles. The highest BCUT2D eigenvalue weighted by molar-refractivity contribution is 7.14. The van der Waals surface area contributed by atoms with Crippen molar-refractivity contribution < 1.29 is 14.3 Å². The Balaban J connectivity index is 1.70. The SMILES string of the molecule is COc1cccc(/C=C/C(=O)Nc2nc(-c3ccc(C)cc3)cs2)c1OC. The first kappa shape index (κ1) is 18.7. The number of hydrogen-bond acceptors (Lipinski definition) is 5. The van der Waals surface area contributed by atoms with Gasteiger partial charge in [0.15, 0.2) is 16.6 Å². The van der Waals surface area contributed by atoms with Gasteiger partial charge in [0.2, 0.25) is 5.91 Å². The summed E-state index contributed by atoms with van der Waals surface area (Å²) in [5.41, 5.74) is 3.81. The maximum absolute atomic E-state index is 12.2. The fourth-order valence-electron chi connectivity index (χ4n) is 2.54. The number of carbonyl (C=O) groups is 1. The second kappa shape index (κ2) is 8.51. The molecule has 1 heterocycles. The van der Waals surface area contributed by atoms with Crippen LogP contribution < -0.4 is 14.8 Å². The zero-order valence-corrected chi connectivity index (χ0v) is 16.2. The minimum Gasteiger partial charge on any atom is -0.493 e. The van der Waals surface area contributed by atoms with E-state index in [1.54, 1.807) is 26.4 Å². The number of nitrogens with zero attached hydrogens (tertiary/aromatic N) is 1. The van der Waals surface area contributed by atoms with Crippen LogP contribution in [-0.2, 0) is 4.79 Å². The number of aromatic nitrogens is 1. The van der Waals surface area contributed by atoms with Crippen molar-refractivity contribution in [1.82, 2.24) is 4.98 Å². The summed E-state index contributed by atoms with van der Waals surface area (Å²) in [5, 5.41) is 5.27. The van der Waals surface area contributed by atoms with Gasteiger partial charge >= 0.3 is 0 Å². The summed E-state index contributed by atoms with van der Waals surface area (Å²) in [7, 11) is 3.14. The maximum atomic E-state index is 12.2. The molecule has 0 fully saturated rings. The highest BCUT2D eigenvalue weighted by Crippen LogP contribution is 2.31. The van der Waals surface area contributed by atoms with Crippen LogP contribution in [0.2, 0.25) is 0 Å². The van der Waals surface area contributed by atoms with Crippen molar-refractivity contribution in [2.45, 2.75) is 6.92 Å². The van der Waals surface area contributed by atoms with E-state index < -0.39 is 0 Å². The van der Waals surface area contributed by atoms with Crippen molar-refractivity contribution in [1.29, 1.82) is 0 Å². The Hall–Kier alpha value is -3.12. The largest absolute Gasteiger partial charge is 0.493 e. The summed E-state index contributed by atoms with van der Waals surface area (Å²) in [6.45, 7) is 2.04. The lowest BCUT2D eigenvalue weighted by atomic mass is 10.1. The Kier molecular flexibility index (Phi) is 5.88. The molecule has 0 aliphatic carbocycles. The molecule has 3 rings (SSSR count). The summed E-state index contributed by atoms with van der Waals surface area (Å²) in [5.74, 6) is 0.937. The van der Waals surface area contributed by atoms with Gasteiger partial charge in [0.25, 0.3) is 0 Å². The van der Waals surface area contributed by atoms with Gasteiger partial charge in [0.1, 0.15) is 0 Å². The van der Waals surface area contributed by atoms with E-state index in [1.165, 1.54) is 23.0 Å². The molecule has 0 spiro atoms. The number of amides is 1. The first-order chi connectivity index (χ1) is 13.1. The van der Waals surface area contributed by atoms with E-state index in [-0.39, 0.29) is 5.91 Å². The van der Waals surface area contributed by atoms with Crippen LogP contribution in [0, 0.1) is 6.92 Å². The third-order valence-corrected chi connectivity index (χ3v) is 4.69. The van der Waals surface area contributed by atoms with Gasteiger partial charge < -0.3 is 9.47 Å². The molecule has 0 atom stereocenters. The molecule has 0 saturated heterocycles. The van der Waals surface area contributed by atoms with Crippen LogP contribution >= 0.6 is 11.3 Å². The van der Waals surface area contributed by atoms with E-state index >= 15 is 0 Å². The molecule has 5 nitrogen and oxygen atoms in total. The Labute approximate surface area is 162 Å². The predicted octanol–water partition coefficient (Wildman–Crippen LogP) is 4.79. The van der Waals surface area contributed by atoms with Crippen LogP contribution in [0.3, 0.4) is 0 Å². The van der Waals surface area contributed by atoms with Gasteiger partial charge in [0, 0.05) is 22.6 Å². The standard InChI is InChI=1S/C21H20N2O3S/c1-14-7-9-15(10-8-14)17-13-27-21(22-17)23-19(24)12-11-16-5-4-6-18(25-2)20(16)26-3/h4-13H,1-3H3,(H,22,23,24)/b12-11+. The number of hydrogen-bond donors (Lipinski definition) is 1. The van der Waals surface area contributed by atoms with E-state index in [1.807, 2.05) is 48.7 Å².